The van der Waals surface area contributed by atoms with Gasteiger partial charge in [0, 0.05) is 43.9 Å². The molecule has 3 aromatic carbocycles. The van der Waals surface area contributed by atoms with Crippen LogP contribution in [-0.4, -0.2) is 12.5 Å². The molecule has 0 bridgehead atoms. The molecule has 1 aromatic heterocycles. The van der Waals surface area contributed by atoms with Gasteiger partial charge < -0.3 is 14.5 Å². The summed E-state index contributed by atoms with van der Waals surface area (Å²) in [5.41, 5.74) is 5.87. The quantitative estimate of drug-likeness (QED) is 0.283. The van der Waals surface area contributed by atoms with Crippen LogP contribution in [-0.2, 0) is 4.79 Å². The number of carbonyl (C=O) groups is 1. The fourth-order valence-corrected chi connectivity index (χ4v) is 4.03. The number of nitrogens with one attached hydrogen (secondary N) is 1. The van der Waals surface area contributed by atoms with E-state index in [2.05, 4.69) is 5.32 Å². The highest BCUT2D eigenvalue weighted by atomic mass is 35.5. The van der Waals surface area contributed by atoms with Crippen molar-refractivity contribution in [1.82, 2.24) is 0 Å². The Morgan fingerprint density at radius 3 is 2.33 bits per heavy atom. The Morgan fingerprint density at radius 1 is 1.06 bits per heavy atom. The minimum absolute atomic E-state index is 0.236. The van der Waals surface area contributed by atoms with Crippen LogP contribution in [0.25, 0.3) is 27.7 Å². The molecule has 4 aromatic rings. The van der Waals surface area contributed by atoms with E-state index in [0.717, 1.165) is 38.8 Å². The van der Waals surface area contributed by atoms with Crippen LogP contribution >= 0.6 is 23.2 Å². The first-order valence-corrected chi connectivity index (χ1v) is 11.3. The summed E-state index contributed by atoms with van der Waals surface area (Å²) in [7, 11) is 0. The third-order valence-corrected chi connectivity index (χ3v) is 5.88. The van der Waals surface area contributed by atoms with Crippen molar-refractivity contribution >= 4 is 51.3 Å². The Morgan fingerprint density at radius 2 is 1.70 bits per heavy atom. The lowest BCUT2D eigenvalue weighted by Crippen LogP contribution is -2.08. The van der Waals surface area contributed by atoms with Crippen LogP contribution in [0.5, 0.6) is 5.75 Å². The first-order chi connectivity index (χ1) is 15.9. The molecule has 0 fully saturated rings. The Bertz CT molecular complexity index is 1340. The predicted octanol–water partition coefficient (Wildman–Crippen LogP) is 8.16. The summed E-state index contributed by atoms with van der Waals surface area (Å²) in [5.74, 6) is 0.468. The van der Waals surface area contributed by atoms with Gasteiger partial charge in [-0.05, 0) is 74.4 Å². The summed E-state index contributed by atoms with van der Waals surface area (Å²) in [5, 5.41) is 5.09. The first kappa shape index (κ1) is 23.0. The molecule has 0 aliphatic heterocycles. The molecule has 0 atom stereocenters. The van der Waals surface area contributed by atoms with Gasteiger partial charge in [0.2, 0.25) is 5.91 Å². The lowest BCUT2D eigenvalue weighted by Gasteiger charge is -2.15. The molecule has 0 saturated heterocycles. The van der Waals surface area contributed by atoms with Crippen molar-refractivity contribution in [3.8, 4) is 16.9 Å². The van der Waals surface area contributed by atoms with Crippen LogP contribution in [0, 0.1) is 6.92 Å². The van der Waals surface area contributed by atoms with Gasteiger partial charge in [0.15, 0.2) is 0 Å². The number of fused-ring (bicyclic) bond motifs is 1. The van der Waals surface area contributed by atoms with E-state index in [4.69, 9.17) is 32.4 Å². The maximum absolute atomic E-state index is 12.7. The van der Waals surface area contributed by atoms with Crippen molar-refractivity contribution in [3.63, 3.8) is 0 Å². The van der Waals surface area contributed by atoms with Crippen molar-refractivity contribution in [1.29, 1.82) is 0 Å². The zero-order valence-electron chi connectivity index (χ0n) is 18.5. The smallest absolute Gasteiger partial charge is 0.248 e. The summed E-state index contributed by atoms with van der Waals surface area (Å²) < 4.78 is 11.9. The summed E-state index contributed by atoms with van der Waals surface area (Å²) in [6, 6.07) is 16.6. The van der Waals surface area contributed by atoms with Gasteiger partial charge in [-0.3, -0.25) is 4.79 Å². The van der Waals surface area contributed by atoms with Crippen molar-refractivity contribution in [2.45, 2.75) is 20.8 Å². The number of benzene rings is 3. The average Bonchev–Trinajstić information content (AvgIpc) is 3.22. The molecule has 0 aliphatic rings. The molecule has 1 N–H and O–H groups in total. The molecule has 0 saturated carbocycles. The Labute approximate surface area is 202 Å². The fraction of sp³-hybridized carbons (Fsp3) is 0.148. The minimum Gasteiger partial charge on any atom is -0.493 e. The van der Waals surface area contributed by atoms with Gasteiger partial charge in [0.25, 0.3) is 0 Å². The zero-order chi connectivity index (χ0) is 23.5. The number of hydrogen-bond acceptors (Lipinski definition) is 3. The third-order valence-electron chi connectivity index (χ3n) is 5.37. The minimum atomic E-state index is -0.236. The fourth-order valence-electron chi connectivity index (χ4n) is 3.78. The van der Waals surface area contributed by atoms with Crippen molar-refractivity contribution < 1.29 is 13.9 Å². The second-order valence-electron chi connectivity index (χ2n) is 7.67. The highest BCUT2D eigenvalue weighted by Gasteiger charge is 2.19. The molecular formula is C27H23Cl2NO3. The molecule has 1 amide bonds. The topological polar surface area (TPSA) is 51.5 Å². The Hall–Kier alpha value is -3.21. The second-order valence-corrected chi connectivity index (χ2v) is 8.54. The normalized spacial score (nSPS) is 11.6. The lowest BCUT2D eigenvalue weighted by molar-refractivity contribution is -0.111. The van der Waals surface area contributed by atoms with Gasteiger partial charge in [-0.2, -0.15) is 0 Å². The number of halogens is 2. The molecule has 1 heterocycles. The summed E-state index contributed by atoms with van der Waals surface area (Å²) in [6.45, 7) is 6.29. The number of rotatable bonds is 6. The van der Waals surface area contributed by atoms with E-state index in [9.17, 15) is 4.79 Å². The van der Waals surface area contributed by atoms with E-state index in [0.29, 0.717) is 28.1 Å². The van der Waals surface area contributed by atoms with Gasteiger partial charge in [0.05, 0.1) is 12.9 Å². The number of allylic oxidation sites excluding steroid dienone is 1. The van der Waals surface area contributed by atoms with Crippen LogP contribution in [0.15, 0.2) is 71.4 Å². The Balaban J connectivity index is 1.77. The van der Waals surface area contributed by atoms with Crippen LogP contribution in [0.3, 0.4) is 0 Å². The van der Waals surface area contributed by atoms with Gasteiger partial charge >= 0.3 is 0 Å². The van der Waals surface area contributed by atoms with E-state index in [1.54, 1.807) is 36.6 Å². The van der Waals surface area contributed by atoms with Gasteiger partial charge in [0.1, 0.15) is 11.3 Å². The van der Waals surface area contributed by atoms with E-state index >= 15 is 0 Å². The van der Waals surface area contributed by atoms with E-state index in [1.807, 2.05) is 51.1 Å². The molecule has 6 heteroatoms. The molecule has 4 rings (SSSR count). The van der Waals surface area contributed by atoms with E-state index in [1.165, 1.54) is 0 Å². The van der Waals surface area contributed by atoms with Crippen molar-refractivity contribution in [2.75, 3.05) is 11.9 Å². The summed E-state index contributed by atoms with van der Waals surface area (Å²) in [6.07, 6.45) is 3.31. The SMILES string of the molecule is CCOc1c(/C(C)=C/C(=O)Nc2ccc(Cl)cc2)cc2c(-c3ccc(Cl)cc3)coc2c1C. The highest BCUT2D eigenvalue weighted by Crippen LogP contribution is 2.41. The summed E-state index contributed by atoms with van der Waals surface area (Å²) in [4.78, 5) is 12.7. The number of amides is 1. The number of furan rings is 1. The maximum atomic E-state index is 12.7. The summed E-state index contributed by atoms with van der Waals surface area (Å²) >= 11 is 12.0. The zero-order valence-corrected chi connectivity index (χ0v) is 20.1. The average molecular weight is 480 g/mol. The molecule has 0 radical (unpaired) electrons. The Kier molecular flexibility index (Phi) is 6.77. The molecule has 0 spiro atoms. The largest absolute Gasteiger partial charge is 0.493 e. The van der Waals surface area contributed by atoms with Crippen LogP contribution in [0.1, 0.15) is 25.0 Å². The monoisotopic (exact) mass is 479 g/mol. The van der Waals surface area contributed by atoms with Gasteiger partial charge in [-0.15, -0.1) is 0 Å². The molecule has 4 nitrogen and oxygen atoms in total. The standard InChI is InChI=1S/C27H23Cl2NO3/c1-4-32-26-17(3)27-23(24(15-33-27)18-5-7-19(28)8-6-18)14-22(26)16(2)13-25(31)30-21-11-9-20(29)10-12-21/h5-15H,4H2,1-3H3,(H,30,31)/b16-13+. The second kappa shape index (κ2) is 9.74. The van der Waals surface area contributed by atoms with Crippen molar-refractivity contribution in [2.24, 2.45) is 0 Å². The van der Waals surface area contributed by atoms with Crippen LogP contribution < -0.4 is 10.1 Å². The van der Waals surface area contributed by atoms with E-state index in [-0.39, 0.29) is 5.91 Å². The maximum Gasteiger partial charge on any atom is 0.248 e. The van der Waals surface area contributed by atoms with E-state index < -0.39 is 0 Å². The molecular weight excluding hydrogens is 457 g/mol. The molecule has 168 valence electrons. The highest BCUT2D eigenvalue weighted by molar-refractivity contribution is 6.31. The number of aryl methyl sites for hydroxylation is 1. The number of ether oxygens (including phenoxy) is 1. The van der Waals surface area contributed by atoms with Crippen LogP contribution in [0.4, 0.5) is 5.69 Å². The molecule has 0 aliphatic carbocycles. The molecule has 33 heavy (non-hydrogen) atoms. The number of carbonyl (C=O) groups excluding carboxylic acids is 1. The van der Waals surface area contributed by atoms with Gasteiger partial charge in [-0.1, -0.05) is 35.3 Å². The third kappa shape index (κ3) is 4.92. The first-order valence-electron chi connectivity index (χ1n) is 10.6. The van der Waals surface area contributed by atoms with Gasteiger partial charge in [-0.25, -0.2) is 0 Å². The van der Waals surface area contributed by atoms with Crippen LogP contribution in [0.2, 0.25) is 10.0 Å². The molecule has 0 unspecified atom stereocenters. The van der Waals surface area contributed by atoms with Crippen molar-refractivity contribution in [3.05, 3.63) is 88.1 Å². The predicted molar refractivity (Wildman–Crippen MR) is 136 cm³/mol. The number of anilines is 1. The number of hydrogen-bond donors (Lipinski definition) is 1. The lowest BCUT2D eigenvalue weighted by atomic mass is 9.96.